The lowest BCUT2D eigenvalue weighted by molar-refractivity contribution is -0.113. The highest BCUT2D eigenvalue weighted by Crippen LogP contribution is 2.43. The van der Waals surface area contributed by atoms with Crippen molar-refractivity contribution in [2.75, 3.05) is 18.5 Å². The van der Waals surface area contributed by atoms with Crippen LogP contribution in [0.15, 0.2) is 87.1 Å². The number of nitrogens with zero attached hydrogens (tertiary/aromatic N) is 2. The first-order chi connectivity index (χ1) is 18.6. The van der Waals surface area contributed by atoms with Crippen molar-refractivity contribution in [1.82, 2.24) is 0 Å². The molecule has 10 heteroatoms. The molecule has 1 aromatic heterocycles. The molecule has 1 fully saturated rings. The summed E-state index contributed by atoms with van der Waals surface area (Å²) in [5, 5.41) is 0.430. The van der Waals surface area contributed by atoms with E-state index < -0.39 is 0 Å². The van der Waals surface area contributed by atoms with Crippen LogP contribution in [-0.2, 0) is 4.79 Å². The predicted octanol–water partition coefficient (Wildman–Crippen LogP) is 6.35. The summed E-state index contributed by atoms with van der Waals surface area (Å²) in [5.41, 5.74) is 1.51. The van der Waals surface area contributed by atoms with Crippen molar-refractivity contribution in [3.8, 4) is 34.3 Å². The second kappa shape index (κ2) is 9.00. The molecule has 0 unspecified atom stereocenters. The summed E-state index contributed by atoms with van der Waals surface area (Å²) >= 11 is 1.20. The molecule has 4 heterocycles. The van der Waals surface area contributed by atoms with Gasteiger partial charge in [0.25, 0.3) is 5.91 Å². The number of carbonyl (C=O) groups excluding carboxylic acids is 1. The fourth-order valence-corrected chi connectivity index (χ4v) is 5.21. The van der Waals surface area contributed by atoms with Gasteiger partial charge in [0, 0.05) is 18.2 Å². The number of fused-ring (bicyclic) bond motifs is 2. The van der Waals surface area contributed by atoms with Crippen molar-refractivity contribution in [3.05, 3.63) is 89.3 Å². The second-order valence-electron chi connectivity index (χ2n) is 8.40. The minimum atomic E-state index is -0.389. The van der Waals surface area contributed by atoms with Gasteiger partial charge in [0.2, 0.25) is 13.6 Å². The van der Waals surface area contributed by atoms with Gasteiger partial charge in [-0.05, 0) is 60.3 Å². The Kier molecular flexibility index (Phi) is 5.33. The number of carbonyl (C=O) groups is 1. The predicted molar refractivity (Wildman–Crippen MR) is 139 cm³/mol. The van der Waals surface area contributed by atoms with Gasteiger partial charge in [-0.15, -0.1) is 0 Å². The minimum absolute atomic E-state index is 0.119. The van der Waals surface area contributed by atoms with Gasteiger partial charge in [0.05, 0.1) is 21.8 Å². The number of amidine groups is 1. The molecule has 1 saturated heterocycles. The van der Waals surface area contributed by atoms with Crippen LogP contribution in [0.3, 0.4) is 0 Å². The highest BCUT2D eigenvalue weighted by molar-refractivity contribution is 8.19. The molecule has 38 heavy (non-hydrogen) atoms. The average Bonchev–Trinajstić information content (AvgIpc) is 3.72. The van der Waals surface area contributed by atoms with Crippen LogP contribution >= 0.6 is 11.8 Å². The van der Waals surface area contributed by atoms with Gasteiger partial charge in [-0.1, -0.05) is 12.1 Å². The van der Waals surface area contributed by atoms with E-state index >= 15 is 0 Å². The molecule has 188 valence electrons. The Hall–Kier alpha value is -4.70. The van der Waals surface area contributed by atoms with Gasteiger partial charge in [0.1, 0.15) is 17.3 Å². The maximum Gasteiger partial charge on any atom is 0.271 e. The van der Waals surface area contributed by atoms with Crippen molar-refractivity contribution in [3.63, 3.8) is 0 Å². The monoisotopic (exact) mass is 528 g/mol. The number of benzene rings is 3. The number of anilines is 1. The zero-order chi connectivity index (χ0) is 25.6. The van der Waals surface area contributed by atoms with Crippen molar-refractivity contribution in [2.45, 2.75) is 0 Å². The summed E-state index contributed by atoms with van der Waals surface area (Å²) in [6.07, 6.45) is 1.62. The van der Waals surface area contributed by atoms with Crippen LogP contribution in [0.5, 0.6) is 23.0 Å². The maximum absolute atomic E-state index is 14.2. The van der Waals surface area contributed by atoms with E-state index in [1.54, 1.807) is 72.8 Å². The Morgan fingerprint density at radius 2 is 1.58 bits per heavy atom. The number of hydrogen-bond donors (Lipinski definition) is 0. The highest BCUT2D eigenvalue weighted by Gasteiger charge is 2.36. The van der Waals surface area contributed by atoms with Crippen LogP contribution in [0.4, 0.5) is 15.8 Å². The third-order valence-corrected chi connectivity index (χ3v) is 7.01. The molecule has 0 saturated carbocycles. The molecule has 0 radical (unpaired) electrons. The van der Waals surface area contributed by atoms with Crippen LogP contribution in [0.1, 0.15) is 5.76 Å². The summed E-state index contributed by atoms with van der Waals surface area (Å²) in [7, 11) is 0. The first kappa shape index (κ1) is 22.5. The molecule has 0 N–H and O–H groups in total. The molecule has 3 aromatic carbocycles. The fourth-order valence-electron chi connectivity index (χ4n) is 4.23. The van der Waals surface area contributed by atoms with E-state index in [0.29, 0.717) is 61.5 Å². The van der Waals surface area contributed by atoms with E-state index in [1.807, 2.05) is 0 Å². The van der Waals surface area contributed by atoms with E-state index in [-0.39, 0.29) is 25.3 Å². The smallest absolute Gasteiger partial charge is 0.271 e. The first-order valence-electron chi connectivity index (χ1n) is 11.6. The Bertz CT molecular complexity index is 1660. The number of thioether (sulfide) groups is 1. The van der Waals surface area contributed by atoms with Gasteiger partial charge in [-0.2, -0.15) is 0 Å². The Morgan fingerprint density at radius 3 is 2.39 bits per heavy atom. The van der Waals surface area contributed by atoms with Crippen LogP contribution < -0.4 is 23.8 Å². The molecule has 8 nitrogen and oxygen atoms in total. The Balaban J connectivity index is 1.27. The lowest BCUT2D eigenvalue weighted by atomic mass is 10.1. The number of halogens is 1. The van der Waals surface area contributed by atoms with Crippen LogP contribution in [0, 0.1) is 5.82 Å². The van der Waals surface area contributed by atoms with E-state index in [0.717, 1.165) is 0 Å². The van der Waals surface area contributed by atoms with Gasteiger partial charge in [-0.25, -0.2) is 9.38 Å². The average molecular weight is 529 g/mol. The maximum atomic E-state index is 14.2. The number of ether oxygens (including phenoxy) is 4. The van der Waals surface area contributed by atoms with Crippen LogP contribution in [-0.4, -0.2) is 24.7 Å². The SMILES string of the molecule is O=C1C(=Cc2ccc(-c3ccccc3F)o2)SC(=Nc2ccc3c(c2)OCO3)N1c1ccc2c(c1)OCO2. The van der Waals surface area contributed by atoms with Gasteiger partial charge in [0.15, 0.2) is 28.2 Å². The third kappa shape index (κ3) is 3.95. The second-order valence-corrected chi connectivity index (χ2v) is 9.41. The van der Waals surface area contributed by atoms with E-state index in [4.69, 9.17) is 28.4 Å². The summed E-state index contributed by atoms with van der Waals surface area (Å²) in [6.45, 7) is 0.268. The largest absolute Gasteiger partial charge is 0.457 e. The molecule has 7 rings (SSSR count). The molecule has 0 spiro atoms. The molecule has 0 bridgehead atoms. The van der Waals surface area contributed by atoms with Gasteiger partial charge in [-0.3, -0.25) is 9.69 Å². The molecule has 3 aliphatic heterocycles. The Labute approximate surface area is 219 Å². The number of aliphatic imine (C=N–C) groups is 1. The first-order valence-corrected chi connectivity index (χ1v) is 12.4. The molecule has 0 atom stereocenters. The number of rotatable bonds is 4. The molecule has 3 aliphatic rings. The molecular weight excluding hydrogens is 511 g/mol. The standard InChI is InChI=1S/C28H17FN2O6S/c29-20-4-2-1-3-19(20)21-10-7-18(37-21)13-26-27(32)31(17-6-9-23-25(12-17)36-15-34-23)28(38-26)30-16-5-8-22-24(11-16)35-14-33-22/h1-13H,14-15H2. The van der Waals surface area contributed by atoms with Gasteiger partial charge < -0.3 is 23.4 Å². The van der Waals surface area contributed by atoms with Gasteiger partial charge >= 0.3 is 0 Å². The summed E-state index contributed by atoms with van der Waals surface area (Å²) < 4.78 is 41.9. The normalized spacial score (nSPS) is 17.7. The topological polar surface area (TPSA) is 82.7 Å². The summed E-state index contributed by atoms with van der Waals surface area (Å²) in [5.74, 6) is 2.47. The lowest BCUT2D eigenvalue weighted by Crippen LogP contribution is -2.28. The van der Waals surface area contributed by atoms with Crippen LogP contribution in [0.25, 0.3) is 17.4 Å². The van der Waals surface area contributed by atoms with Crippen molar-refractivity contribution in [2.24, 2.45) is 4.99 Å². The zero-order valence-electron chi connectivity index (χ0n) is 19.5. The Morgan fingerprint density at radius 1 is 0.842 bits per heavy atom. The molecule has 0 aliphatic carbocycles. The van der Waals surface area contributed by atoms with E-state index in [1.165, 1.54) is 22.7 Å². The van der Waals surface area contributed by atoms with Crippen molar-refractivity contribution in [1.29, 1.82) is 0 Å². The third-order valence-electron chi connectivity index (χ3n) is 6.04. The number of amides is 1. The zero-order valence-corrected chi connectivity index (χ0v) is 20.4. The molecular formula is C28H17FN2O6S. The highest BCUT2D eigenvalue weighted by atomic mass is 32.2. The van der Waals surface area contributed by atoms with E-state index in [2.05, 4.69) is 0 Å². The number of furan rings is 1. The molecule has 4 aromatic rings. The van der Waals surface area contributed by atoms with E-state index in [9.17, 15) is 9.18 Å². The van der Waals surface area contributed by atoms with Crippen molar-refractivity contribution < 1.29 is 32.5 Å². The fraction of sp³-hybridized carbons (Fsp3) is 0.0714. The quantitative estimate of drug-likeness (QED) is 0.285. The summed E-state index contributed by atoms with van der Waals surface area (Å²) in [6, 6.07) is 20.3. The van der Waals surface area contributed by atoms with Crippen molar-refractivity contribution >= 4 is 40.3 Å². The lowest BCUT2D eigenvalue weighted by Gasteiger charge is -2.16. The number of hydrogen-bond acceptors (Lipinski definition) is 8. The minimum Gasteiger partial charge on any atom is -0.457 e. The van der Waals surface area contributed by atoms with Crippen LogP contribution in [0.2, 0.25) is 0 Å². The summed E-state index contributed by atoms with van der Waals surface area (Å²) in [4.78, 5) is 20.3. The molecule has 1 amide bonds.